The summed E-state index contributed by atoms with van der Waals surface area (Å²) in [4.78, 5) is 18.9. The maximum absolute atomic E-state index is 11.4. The quantitative estimate of drug-likeness (QED) is 0.509. The maximum atomic E-state index is 11.4. The highest BCUT2D eigenvalue weighted by Crippen LogP contribution is 2.15. The fourth-order valence-electron chi connectivity index (χ4n) is 2.05. The van der Waals surface area contributed by atoms with Crippen molar-refractivity contribution >= 4 is 29.1 Å². The first kappa shape index (κ1) is 13.1. The average molecular weight is 279 g/mol. The Kier molecular flexibility index (Phi) is 3.49. The van der Waals surface area contributed by atoms with E-state index in [9.17, 15) is 4.79 Å². The summed E-state index contributed by atoms with van der Waals surface area (Å²) in [5, 5.41) is 8.64. The summed E-state index contributed by atoms with van der Waals surface area (Å²) in [5.41, 5.74) is 4.56. The summed E-state index contributed by atoms with van der Waals surface area (Å²) in [6, 6.07) is 14.9. The van der Waals surface area contributed by atoms with Crippen LogP contribution >= 0.6 is 0 Å². The summed E-state index contributed by atoms with van der Waals surface area (Å²) in [5.74, 6) is 0.156. The van der Waals surface area contributed by atoms with E-state index < -0.39 is 5.91 Å². The number of imidazole rings is 1. The molecule has 0 saturated heterocycles. The average Bonchev–Trinajstić information content (AvgIpc) is 2.95. The molecule has 1 amide bonds. The molecule has 0 saturated carbocycles. The van der Waals surface area contributed by atoms with Crippen molar-refractivity contribution in [2.45, 2.75) is 0 Å². The van der Waals surface area contributed by atoms with Crippen molar-refractivity contribution in [3.05, 3.63) is 65.5 Å². The van der Waals surface area contributed by atoms with Crippen molar-refractivity contribution in [2.75, 3.05) is 0 Å². The van der Waals surface area contributed by atoms with Crippen LogP contribution in [-0.2, 0) is 0 Å². The lowest BCUT2D eigenvalue weighted by atomic mass is 10.2. The van der Waals surface area contributed by atoms with E-state index in [1.165, 1.54) is 0 Å². The number of hydrogen-bond donors (Lipinski definition) is 3. The van der Waals surface area contributed by atoms with E-state index in [1.54, 1.807) is 23.7 Å². The molecule has 21 heavy (non-hydrogen) atoms. The van der Waals surface area contributed by atoms with Gasteiger partial charge in [-0.1, -0.05) is 36.4 Å². The van der Waals surface area contributed by atoms with Gasteiger partial charge in [0.25, 0.3) is 5.91 Å². The monoisotopic (exact) mass is 279 g/mol. The number of rotatable bonds is 3. The van der Waals surface area contributed by atoms with Gasteiger partial charge < -0.3 is 4.98 Å². The minimum absolute atomic E-state index is 0.368. The predicted octanol–water partition coefficient (Wildman–Crippen LogP) is 2.85. The number of amides is 1. The van der Waals surface area contributed by atoms with Crippen molar-refractivity contribution in [3.63, 3.8) is 0 Å². The third-order valence-corrected chi connectivity index (χ3v) is 3.10. The van der Waals surface area contributed by atoms with Crippen LogP contribution in [0, 0.1) is 0 Å². The molecule has 3 aromatic rings. The van der Waals surface area contributed by atoms with Crippen molar-refractivity contribution in [1.82, 2.24) is 15.4 Å². The molecule has 5 nitrogen and oxygen atoms in total. The van der Waals surface area contributed by atoms with Crippen LogP contribution in [0.25, 0.3) is 23.2 Å². The van der Waals surface area contributed by atoms with Gasteiger partial charge in [0.1, 0.15) is 5.82 Å². The lowest BCUT2D eigenvalue weighted by Crippen LogP contribution is -2.18. The van der Waals surface area contributed by atoms with Crippen LogP contribution in [0.5, 0.6) is 0 Å². The van der Waals surface area contributed by atoms with E-state index in [4.69, 9.17) is 5.21 Å². The molecule has 0 atom stereocenters. The second-order valence-electron chi connectivity index (χ2n) is 4.54. The first-order chi connectivity index (χ1) is 10.3. The van der Waals surface area contributed by atoms with E-state index in [0.29, 0.717) is 11.4 Å². The smallest absolute Gasteiger partial charge is 0.274 e. The number of fused-ring (bicyclic) bond motifs is 1. The molecule has 1 aromatic heterocycles. The zero-order valence-corrected chi connectivity index (χ0v) is 11.1. The number of hydrogen-bond acceptors (Lipinski definition) is 3. The van der Waals surface area contributed by atoms with Gasteiger partial charge >= 0.3 is 0 Å². The maximum Gasteiger partial charge on any atom is 0.274 e. The van der Waals surface area contributed by atoms with Crippen LogP contribution < -0.4 is 5.48 Å². The molecule has 1 heterocycles. The third kappa shape index (κ3) is 2.82. The molecule has 0 aliphatic heterocycles. The minimum Gasteiger partial charge on any atom is -0.338 e. The van der Waals surface area contributed by atoms with Gasteiger partial charge in [-0.2, -0.15) is 0 Å². The summed E-state index contributed by atoms with van der Waals surface area (Å²) >= 11 is 0. The van der Waals surface area contributed by atoms with Gasteiger partial charge in [-0.3, -0.25) is 10.0 Å². The lowest BCUT2D eigenvalue weighted by Gasteiger charge is -1.97. The van der Waals surface area contributed by atoms with Crippen LogP contribution in [0.4, 0.5) is 0 Å². The first-order valence-corrected chi connectivity index (χ1v) is 6.43. The van der Waals surface area contributed by atoms with Crippen LogP contribution in [0.15, 0.2) is 48.5 Å². The largest absolute Gasteiger partial charge is 0.338 e. The van der Waals surface area contributed by atoms with Gasteiger partial charge in [0.2, 0.25) is 0 Å². The second-order valence-corrected chi connectivity index (χ2v) is 4.54. The van der Waals surface area contributed by atoms with Crippen molar-refractivity contribution in [3.8, 4) is 0 Å². The number of nitrogens with zero attached hydrogens (tertiary/aromatic N) is 1. The molecule has 0 radical (unpaired) electrons. The predicted molar refractivity (Wildman–Crippen MR) is 80.7 cm³/mol. The summed E-state index contributed by atoms with van der Waals surface area (Å²) < 4.78 is 0. The van der Waals surface area contributed by atoms with E-state index in [1.807, 2.05) is 42.5 Å². The number of carbonyl (C=O) groups excluding carboxylic acids is 1. The number of aromatic nitrogens is 2. The topological polar surface area (TPSA) is 78.0 Å². The number of hydroxylamine groups is 1. The molecule has 5 heteroatoms. The van der Waals surface area contributed by atoms with Crippen LogP contribution in [0.1, 0.15) is 21.7 Å². The third-order valence-electron chi connectivity index (χ3n) is 3.10. The molecular formula is C16H13N3O2. The molecule has 0 aliphatic rings. The molecule has 0 unspecified atom stereocenters. The lowest BCUT2D eigenvalue weighted by molar-refractivity contribution is 0.0706. The Morgan fingerprint density at radius 3 is 2.71 bits per heavy atom. The molecule has 3 N–H and O–H groups in total. The molecule has 0 spiro atoms. The number of H-pyrrole nitrogens is 1. The fourth-order valence-corrected chi connectivity index (χ4v) is 2.05. The number of nitrogens with one attached hydrogen (secondary N) is 2. The van der Waals surface area contributed by atoms with Crippen molar-refractivity contribution in [2.24, 2.45) is 0 Å². The Morgan fingerprint density at radius 1 is 1.14 bits per heavy atom. The molecular weight excluding hydrogens is 266 g/mol. The first-order valence-electron chi connectivity index (χ1n) is 6.43. The zero-order valence-electron chi connectivity index (χ0n) is 11.1. The Morgan fingerprint density at radius 2 is 1.95 bits per heavy atom. The van der Waals surface area contributed by atoms with Gasteiger partial charge in [0.05, 0.1) is 11.0 Å². The normalized spacial score (nSPS) is 11.1. The molecule has 0 fully saturated rings. The van der Waals surface area contributed by atoms with E-state index >= 15 is 0 Å². The highest BCUT2D eigenvalue weighted by Gasteiger charge is 2.07. The Hall–Kier alpha value is -2.92. The van der Waals surface area contributed by atoms with E-state index in [-0.39, 0.29) is 0 Å². The Labute approximate surface area is 120 Å². The Bertz CT molecular complexity index is 807. The SMILES string of the molecule is O=C(NO)c1ccc2nc(C=Cc3ccccc3)[nH]c2c1. The number of benzene rings is 2. The second kappa shape index (κ2) is 5.60. The standard InChI is InChI=1S/C16H13N3O2/c20-16(19-21)12-7-8-13-14(10-12)18-15(17-13)9-6-11-4-2-1-3-5-11/h1-10,21H,(H,17,18)(H,19,20). The number of carbonyl (C=O) groups is 1. The molecule has 2 aromatic carbocycles. The fraction of sp³-hybridized carbons (Fsp3) is 0. The van der Waals surface area contributed by atoms with E-state index in [0.717, 1.165) is 16.6 Å². The van der Waals surface area contributed by atoms with Crippen molar-refractivity contribution < 1.29 is 10.0 Å². The van der Waals surface area contributed by atoms with Gasteiger partial charge in [-0.25, -0.2) is 10.5 Å². The van der Waals surface area contributed by atoms with E-state index in [2.05, 4.69) is 9.97 Å². The molecule has 0 aliphatic carbocycles. The minimum atomic E-state index is -0.548. The van der Waals surface area contributed by atoms with Crippen LogP contribution in [0.2, 0.25) is 0 Å². The van der Waals surface area contributed by atoms with Crippen molar-refractivity contribution in [1.29, 1.82) is 0 Å². The van der Waals surface area contributed by atoms with Gasteiger partial charge in [-0.05, 0) is 29.8 Å². The zero-order chi connectivity index (χ0) is 14.7. The van der Waals surface area contributed by atoms with Crippen LogP contribution in [0.3, 0.4) is 0 Å². The number of aromatic amines is 1. The molecule has 0 bridgehead atoms. The van der Waals surface area contributed by atoms with Gasteiger partial charge in [-0.15, -0.1) is 0 Å². The summed E-state index contributed by atoms with van der Waals surface area (Å²) in [6.45, 7) is 0. The summed E-state index contributed by atoms with van der Waals surface area (Å²) in [7, 11) is 0. The summed E-state index contributed by atoms with van der Waals surface area (Å²) in [6.07, 6.45) is 3.83. The highest BCUT2D eigenvalue weighted by atomic mass is 16.5. The molecule has 3 rings (SSSR count). The van der Waals surface area contributed by atoms with Crippen LogP contribution in [-0.4, -0.2) is 21.1 Å². The van der Waals surface area contributed by atoms with Gasteiger partial charge in [0, 0.05) is 5.56 Å². The highest BCUT2D eigenvalue weighted by molar-refractivity contribution is 5.96. The Balaban J connectivity index is 1.91. The molecule has 104 valence electrons. The van der Waals surface area contributed by atoms with Gasteiger partial charge in [0.15, 0.2) is 0 Å².